The maximum Gasteiger partial charge on any atom is 0.351 e. The fourth-order valence-corrected chi connectivity index (χ4v) is 3.55. The van der Waals surface area contributed by atoms with E-state index in [-0.39, 0.29) is 11.4 Å². The van der Waals surface area contributed by atoms with Crippen LogP contribution < -0.4 is 4.68 Å². The minimum Gasteiger partial charge on any atom is -0.147 e. The summed E-state index contributed by atoms with van der Waals surface area (Å²) in [4.78, 5) is 4.67. The molecule has 4 rings (SSSR count). The van der Waals surface area contributed by atoms with Crippen LogP contribution in [-0.2, 0) is 17.9 Å². The summed E-state index contributed by atoms with van der Waals surface area (Å²) in [6.45, 7) is -6.48. The van der Waals surface area contributed by atoms with Crippen LogP contribution in [0.4, 0.5) is 0 Å². The highest BCUT2D eigenvalue weighted by Gasteiger charge is 2.53. The van der Waals surface area contributed by atoms with E-state index in [9.17, 15) is 0 Å². The highest BCUT2D eigenvalue weighted by molar-refractivity contribution is 5.58. The molecule has 0 saturated heterocycles. The van der Waals surface area contributed by atoms with Crippen molar-refractivity contribution in [1.82, 2.24) is 9.67 Å². The third-order valence-electron chi connectivity index (χ3n) is 5.10. The first-order valence-corrected chi connectivity index (χ1v) is 8.17. The molecular weight excluding hydrogens is 306 g/mol. The van der Waals surface area contributed by atoms with Gasteiger partial charge in [0.15, 0.2) is 0 Å². The second kappa shape index (κ2) is 5.04. The van der Waals surface area contributed by atoms with Gasteiger partial charge in [0, 0.05) is 17.8 Å². The maximum atomic E-state index is 8.52. The van der Waals surface area contributed by atoms with Gasteiger partial charge in [-0.15, -0.1) is 9.36 Å². The molecule has 0 spiro atoms. The first-order chi connectivity index (χ1) is 15.5. The van der Waals surface area contributed by atoms with Crippen LogP contribution in [-0.4, -0.2) is 9.67 Å². The Morgan fingerprint density at radius 3 is 2.40 bits per heavy atom. The van der Waals surface area contributed by atoms with Crippen LogP contribution in [0.2, 0.25) is 0 Å². The van der Waals surface area contributed by atoms with Crippen LogP contribution in [0.5, 0.6) is 0 Å². The number of aryl methyl sites for hydroxylation is 1. The molecule has 1 unspecified atom stereocenters. The van der Waals surface area contributed by atoms with Gasteiger partial charge in [0.25, 0.3) is 5.82 Å². The Morgan fingerprint density at radius 2 is 1.72 bits per heavy atom. The lowest BCUT2D eigenvalue weighted by molar-refractivity contribution is -0.736. The molecule has 0 fully saturated rings. The standard InChI is InChI=1S/C22H26N3/c1-15-11-10-14-17-18(15)25-20(22(4,5)21(17,2)3)23-19(24(25)6)16-12-8-7-9-13-16/h7-14H,1-6H3/q+1/i2D3,3D3,4D3. The molecular formula is C22H26N3+. The first kappa shape index (κ1) is 8.79. The van der Waals surface area contributed by atoms with Gasteiger partial charge in [-0.25, -0.2) is 0 Å². The molecule has 0 amide bonds. The maximum absolute atomic E-state index is 8.52. The summed E-state index contributed by atoms with van der Waals surface area (Å²) < 4.78 is 79.9. The molecule has 2 heterocycles. The number of hydrogen-bond donors (Lipinski definition) is 0. The fourth-order valence-electron chi connectivity index (χ4n) is 3.55. The van der Waals surface area contributed by atoms with Crippen LogP contribution in [0.3, 0.4) is 0 Å². The predicted octanol–water partition coefficient (Wildman–Crippen LogP) is 4.24. The molecule has 1 aliphatic heterocycles. The summed E-state index contributed by atoms with van der Waals surface area (Å²) in [5.74, 6) is 0.273. The molecule has 0 saturated carbocycles. The molecule has 0 aliphatic carbocycles. The third kappa shape index (κ3) is 1.98. The number of para-hydroxylation sites is 1. The van der Waals surface area contributed by atoms with Crippen LogP contribution in [0, 0.1) is 6.92 Å². The van der Waals surface area contributed by atoms with E-state index in [0.717, 1.165) is 0 Å². The van der Waals surface area contributed by atoms with Crippen molar-refractivity contribution < 1.29 is 17.0 Å². The topological polar surface area (TPSA) is 21.7 Å². The molecule has 1 aromatic heterocycles. The molecule has 25 heavy (non-hydrogen) atoms. The Labute approximate surface area is 162 Å². The van der Waals surface area contributed by atoms with Crippen molar-refractivity contribution in [3.05, 3.63) is 65.5 Å². The van der Waals surface area contributed by atoms with E-state index in [0.29, 0.717) is 22.6 Å². The van der Waals surface area contributed by atoms with Crippen molar-refractivity contribution in [3.8, 4) is 17.1 Å². The number of rotatable bonds is 1. The molecule has 0 bridgehead atoms. The van der Waals surface area contributed by atoms with E-state index < -0.39 is 31.4 Å². The smallest absolute Gasteiger partial charge is 0.147 e. The Hall–Kier alpha value is -2.42. The zero-order chi connectivity index (χ0) is 25.5. The number of nitrogens with zero attached hydrogens (tertiary/aromatic N) is 3. The number of benzene rings is 2. The van der Waals surface area contributed by atoms with E-state index >= 15 is 0 Å². The Bertz CT molecular complexity index is 1240. The largest absolute Gasteiger partial charge is 0.351 e. The molecule has 128 valence electrons. The number of aromatic nitrogens is 3. The lowest BCUT2D eigenvalue weighted by atomic mass is 9.61. The van der Waals surface area contributed by atoms with Gasteiger partial charge < -0.3 is 0 Å². The van der Waals surface area contributed by atoms with Crippen LogP contribution in [0.25, 0.3) is 17.1 Å². The van der Waals surface area contributed by atoms with Gasteiger partial charge in [-0.05, 0) is 48.9 Å². The van der Waals surface area contributed by atoms with Gasteiger partial charge in [-0.1, -0.05) is 50.1 Å². The van der Waals surface area contributed by atoms with Gasteiger partial charge in [-0.2, -0.15) is 0 Å². The van der Waals surface area contributed by atoms with Crippen LogP contribution in [0.15, 0.2) is 48.5 Å². The summed E-state index contributed by atoms with van der Waals surface area (Å²) in [6.07, 6.45) is 0. The second-order valence-corrected chi connectivity index (χ2v) is 6.81. The lowest BCUT2D eigenvalue weighted by Gasteiger charge is -2.44. The first-order valence-electron chi connectivity index (χ1n) is 12.7. The van der Waals surface area contributed by atoms with Crippen molar-refractivity contribution in [2.24, 2.45) is 7.05 Å². The summed E-state index contributed by atoms with van der Waals surface area (Å²) in [7, 11) is 1.70. The average molecular weight is 342 g/mol. The van der Waals surface area contributed by atoms with E-state index in [1.54, 1.807) is 47.6 Å². The zero-order valence-electron chi connectivity index (χ0n) is 23.5. The average Bonchev–Trinajstić information content (AvgIpc) is 3.04. The van der Waals surface area contributed by atoms with Crippen molar-refractivity contribution in [3.63, 3.8) is 0 Å². The summed E-state index contributed by atoms with van der Waals surface area (Å²) in [5, 5.41) is 0. The van der Waals surface area contributed by atoms with Crippen molar-refractivity contribution in [2.45, 2.75) is 45.2 Å². The highest BCUT2D eigenvalue weighted by atomic mass is 15.5. The Kier molecular flexibility index (Phi) is 1.77. The zero-order valence-corrected chi connectivity index (χ0v) is 14.5. The predicted molar refractivity (Wildman–Crippen MR) is 101 cm³/mol. The minimum absolute atomic E-state index is 0.0498. The highest BCUT2D eigenvalue weighted by Crippen LogP contribution is 2.49. The quantitative estimate of drug-likeness (QED) is 0.607. The fraction of sp³-hybridized carbons (Fsp3) is 0.364. The van der Waals surface area contributed by atoms with Crippen molar-refractivity contribution in [1.29, 1.82) is 0 Å². The van der Waals surface area contributed by atoms with E-state index in [1.165, 1.54) is 13.0 Å². The van der Waals surface area contributed by atoms with Gasteiger partial charge in [0.2, 0.25) is 0 Å². The van der Waals surface area contributed by atoms with Crippen molar-refractivity contribution >= 4 is 0 Å². The van der Waals surface area contributed by atoms with E-state index in [4.69, 9.17) is 12.3 Å². The second-order valence-electron chi connectivity index (χ2n) is 6.81. The van der Waals surface area contributed by atoms with Gasteiger partial charge in [0.05, 0.1) is 16.7 Å². The van der Waals surface area contributed by atoms with E-state index in [1.807, 2.05) is 18.2 Å². The Balaban J connectivity index is 2.31. The normalized spacial score (nSPS) is 27.7. The summed E-state index contributed by atoms with van der Waals surface area (Å²) in [6, 6.07) is 13.8. The third-order valence-corrected chi connectivity index (χ3v) is 5.10. The molecule has 0 radical (unpaired) electrons. The Morgan fingerprint density at radius 1 is 1.00 bits per heavy atom. The molecule has 0 N–H and O–H groups in total. The minimum atomic E-state index is -3.20. The molecule has 3 heteroatoms. The van der Waals surface area contributed by atoms with E-state index in [2.05, 4.69) is 4.98 Å². The molecule has 1 atom stereocenters. The van der Waals surface area contributed by atoms with Gasteiger partial charge >= 0.3 is 5.82 Å². The summed E-state index contributed by atoms with van der Waals surface area (Å²) >= 11 is 0. The monoisotopic (exact) mass is 341 g/mol. The van der Waals surface area contributed by atoms with Gasteiger partial charge in [0.1, 0.15) is 7.05 Å². The number of fused-ring (bicyclic) bond motifs is 3. The molecule has 3 nitrogen and oxygen atoms in total. The summed E-state index contributed by atoms with van der Waals surface area (Å²) in [5.41, 5.74) is -3.57. The van der Waals surface area contributed by atoms with Crippen LogP contribution in [0.1, 0.15) is 56.8 Å². The van der Waals surface area contributed by atoms with Crippen LogP contribution >= 0.6 is 0 Å². The lowest BCUT2D eigenvalue weighted by Crippen LogP contribution is -2.51. The molecule has 2 aromatic carbocycles. The molecule has 1 aliphatic rings. The van der Waals surface area contributed by atoms with Gasteiger partial charge in [-0.3, -0.25) is 0 Å². The molecule has 3 aromatic rings. The number of hydrogen-bond acceptors (Lipinski definition) is 1. The SMILES string of the molecule is [2H]C([2H])([2H])C1(C)c2nc(-c3ccccc3)[n+](C)n2-c2c(C)cccc2C1(C([2H])([2H])[2H])C([2H])([2H])[2H]. The van der Waals surface area contributed by atoms with Crippen molar-refractivity contribution in [2.75, 3.05) is 0 Å².